The van der Waals surface area contributed by atoms with Crippen molar-refractivity contribution in [1.29, 1.82) is 0 Å². The van der Waals surface area contributed by atoms with Crippen molar-refractivity contribution in [3.05, 3.63) is 0 Å². The predicted octanol–water partition coefficient (Wildman–Crippen LogP) is 1.63. The van der Waals surface area contributed by atoms with Gasteiger partial charge in [-0.3, -0.25) is 4.90 Å². The Balaban J connectivity index is 2.00. The van der Waals surface area contributed by atoms with E-state index in [-0.39, 0.29) is 0 Å². The van der Waals surface area contributed by atoms with Crippen LogP contribution >= 0.6 is 0 Å². The molecule has 0 aromatic rings. The molecule has 0 aromatic heterocycles. The summed E-state index contributed by atoms with van der Waals surface area (Å²) in [6.07, 6.45) is 5.57. The molecule has 0 radical (unpaired) electrons. The molecule has 0 aliphatic carbocycles. The lowest BCUT2D eigenvalue weighted by atomic mass is 9.96. The normalized spacial score (nSPS) is 33.4. The average molecular weight is 226 g/mol. The molecule has 2 aliphatic heterocycles. The molecule has 0 spiro atoms. The standard InChI is InChI=1S/C13H26N2O/c1-3-5-11(4-2)15-8-9-16-13-6-7-14-10-12(13)15/h11-14H,3-10H2,1-2H3. The Hall–Kier alpha value is -0.120. The number of nitrogens with zero attached hydrogens (tertiary/aromatic N) is 1. The summed E-state index contributed by atoms with van der Waals surface area (Å²) in [5, 5.41) is 3.51. The van der Waals surface area contributed by atoms with Gasteiger partial charge in [-0.15, -0.1) is 0 Å². The number of hydrogen-bond acceptors (Lipinski definition) is 3. The molecule has 2 aliphatic rings. The molecule has 3 atom stereocenters. The van der Waals surface area contributed by atoms with Crippen molar-refractivity contribution in [3.8, 4) is 0 Å². The summed E-state index contributed by atoms with van der Waals surface area (Å²) in [4.78, 5) is 2.71. The second kappa shape index (κ2) is 5.99. The first-order chi connectivity index (χ1) is 7.86. The third kappa shape index (κ3) is 2.58. The maximum atomic E-state index is 5.90. The second-order valence-electron chi connectivity index (χ2n) is 5.06. The van der Waals surface area contributed by atoms with Crippen LogP contribution in [0.3, 0.4) is 0 Å². The van der Waals surface area contributed by atoms with Crippen LogP contribution in [0.2, 0.25) is 0 Å². The van der Waals surface area contributed by atoms with Gasteiger partial charge >= 0.3 is 0 Å². The molecular formula is C13H26N2O. The molecule has 1 N–H and O–H groups in total. The summed E-state index contributed by atoms with van der Waals surface area (Å²) in [6.45, 7) is 8.91. The highest BCUT2D eigenvalue weighted by Gasteiger charge is 2.36. The molecule has 2 rings (SSSR count). The van der Waals surface area contributed by atoms with Gasteiger partial charge in [-0.05, 0) is 25.8 Å². The lowest BCUT2D eigenvalue weighted by Crippen LogP contribution is -2.61. The highest BCUT2D eigenvalue weighted by atomic mass is 16.5. The van der Waals surface area contributed by atoms with Crippen LogP contribution in [-0.4, -0.2) is 49.3 Å². The molecule has 0 bridgehead atoms. The maximum absolute atomic E-state index is 5.90. The molecule has 3 nitrogen and oxygen atoms in total. The van der Waals surface area contributed by atoms with Crippen molar-refractivity contribution < 1.29 is 4.74 Å². The van der Waals surface area contributed by atoms with E-state index in [2.05, 4.69) is 24.1 Å². The van der Waals surface area contributed by atoms with E-state index < -0.39 is 0 Å². The second-order valence-corrected chi connectivity index (χ2v) is 5.06. The summed E-state index contributed by atoms with van der Waals surface area (Å²) >= 11 is 0. The minimum atomic E-state index is 0.487. The number of piperidine rings is 1. The fourth-order valence-corrected chi connectivity index (χ4v) is 3.21. The molecule has 2 heterocycles. The van der Waals surface area contributed by atoms with Crippen molar-refractivity contribution in [3.63, 3.8) is 0 Å². The number of morpholine rings is 1. The van der Waals surface area contributed by atoms with Gasteiger partial charge in [0.25, 0.3) is 0 Å². The van der Waals surface area contributed by atoms with Crippen molar-refractivity contribution in [2.24, 2.45) is 0 Å². The molecule has 94 valence electrons. The highest BCUT2D eigenvalue weighted by molar-refractivity contribution is 4.92. The summed E-state index contributed by atoms with van der Waals surface area (Å²) < 4.78 is 5.90. The van der Waals surface area contributed by atoms with Crippen LogP contribution in [0, 0.1) is 0 Å². The zero-order chi connectivity index (χ0) is 11.4. The molecule has 3 unspecified atom stereocenters. The van der Waals surface area contributed by atoms with Crippen molar-refractivity contribution in [2.75, 3.05) is 26.2 Å². The lowest BCUT2D eigenvalue weighted by Gasteiger charge is -2.47. The van der Waals surface area contributed by atoms with Gasteiger partial charge in [0.1, 0.15) is 0 Å². The van der Waals surface area contributed by atoms with Crippen LogP contribution in [-0.2, 0) is 4.74 Å². The molecule has 0 saturated carbocycles. The zero-order valence-electron chi connectivity index (χ0n) is 10.7. The first-order valence-electron chi connectivity index (χ1n) is 6.94. The zero-order valence-corrected chi connectivity index (χ0v) is 10.7. The van der Waals surface area contributed by atoms with Crippen LogP contribution in [0.25, 0.3) is 0 Å². The van der Waals surface area contributed by atoms with Crippen LogP contribution in [0.1, 0.15) is 39.5 Å². The molecule has 2 saturated heterocycles. The van der Waals surface area contributed by atoms with Crippen molar-refractivity contribution in [1.82, 2.24) is 10.2 Å². The number of rotatable bonds is 4. The number of fused-ring (bicyclic) bond motifs is 1. The fraction of sp³-hybridized carbons (Fsp3) is 1.00. The molecule has 3 heteroatoms. The van der Waals surface area contributed by atoms with E-state index >= 15 is 0 Å². The number of hydrogen-bond donors (Lipinski definition) is 1. The van der Waals surface area contributed by atoms with Crippen LogP contribution in [0.15, 0.2) is 0 Å². The summed E-state index contributed by atoms with van der Waals surface area (Å²) in [7, 11) is 0. The van der Waals surface area contributed by atoms with Gasteiger partial charge in [0.05, 0.1) is 12.7 Å². The Morgan fingerprint density at radius 1 is 1.44 bits per heavy atom. The first-order valence-corrected chi connectivity index (χ1v) is 6.94. The summed E-state index contributed by atoms with van der Waals surface area (Å²) in [5.41, 5.74) is 0. The van der Waals surface area contributed by atoms with E-state index in [1.165, 1.54) is 25.7 Å². The Bertz CT molecular complexity index is 208. The van der Waals surface area contributed by atoms with Gasteiger partial charge in [0.15, 0.2) is 0 Å². The van der Waals surface area contributed by atoms with E-state index in [1.807, 2.05) is 0 Å². The van der Waals surface area contributed by atoms with Crippen LogP contribution < -0.4 is 5.32 Å². The fourth-order valence-electron chi connectivity index (χ4n) is 3.21. The topological polar surface area (TPSA) is 24.5 Å². The molecule has 16 heavy (non-hydrogen) atoms. The van der Waals surface area contributed by atoms with Gasteiger partial charge in [-0.2, -0.15) is 0 Å². The van der Waals surface area contributed by atoms with Crippen molar-refractivity contribution in [2.45, 2.75) is 57.7 Å². The third-order valence-electron chi connectivity index (χ3n) is 4.06. The molecule has 2 fully saturated rings. The maximum Gasteiger partial charge on any atom is 0.0755 e. The largest absolute Gasteiger partial charge is 0.375 e. The quantitative estimate of drug-likeness (QED) is 0.788. The average Bonchev–Trinajstić information content (AvgIpc) is 2.35. The van der Waals surface area contributed by atoms with Crippen LogP contribution in [0.5, 0.6) is 0 Å². The van der Waals surface area contributed by atoms with Gasteiger partial charge in [-0.1, -0.05) is 20.3 Å². The predicted molar refractivity (Wildman–Crippen MR) is 66.7 cm³/mol. The van der Waals surface area contributed by atoms with E-state index in [4.69, 9.17) is 4.74 Å². The van der Waals surface area contributed by atoms with Gasteiger partial charge < -0.3 is 10.1 Å². The van der Waals surface area contributed by atoms with E-state index in [1.54, 1.807) is 0 Å². The Kier molecular flexibility index (Phi) is 4.62. The number of nitrogens with one attached hydrogen (secondary N) is 1. The smallest absolute Gasteiger partial charge is 0.0755 e. The minimum absolute atomic E-state index is 0.487. The molecular weight excluding hydrogens is 200 g/mol. The highest BCUT2D eigenvalue weighted by Crippen LogP contribution is 2.24. The monoisotopic (exact) mass is 226 g/mol. The van der Waals surface area contributed by atoms with E-state index in [9.17, 15) is 0 Å². The van der Waals surface area contributed by atoms with Crippen LogP contribution in [0.4, 0.5) is 0 Å². The molecule has 0 amide bonds. The van der Waals surface area contributed by atoms with Gasteiger partial charge in [0, 0.05) is 25.2 Å². The Labute approximate surface area is 99.5 Å². The summed E-state index contributed by atoms with van der Waals surface area (Å²) in [6, 6.07) is 1.39. The third-order valence-corrected chi connectivity index (χ3v) is 4.06. The Morgan fingerprint density at radius 2 is 2.31 bits per heavy atom. The summed E-state index contributed by atoms with van der Waals surface area (Å²) in [5.74, 6) is 0. The number of ether oxygens (including phenoxy) is 1. The Morgan fingerprint density at radius 3 is 3.06 bits per heavy atom. The van der Waals surface area contributed by atoms with E-state index in [0.717, 1.165) is 32.3 Å². The first kappa shape index (κ1) is 12.3. The van der Waals surface area contributed by atoms with Gasteiger partial charge in [-0.25, -0.2) is 0 Å². The lowest BCUT2D eigenvalue weighted by molar-refractivity contribution is -0.0982. The SMILES string of the molecule is CCCC(CC)N1CCOC2CCNCC21. The minimum Gasteiger partial charge on any atom is -0.375 e. The van der Waals surface area contributed by atoms with Gasteiger partial charge in [0.2, 0.25) is 0 Å². The molecule has 0 aromatic carbocycles. The van der Waals surface area contributed by atoms with E-state index in [0.29, 0.717) is 12.1 Å². The van der Waals surface area contributed by atoms with Crippen molar-refractivity contribution >= 4 is 0 Å².